The standard InChI is InChI=1S/C23H23F2N7O2/c24-16-2-1-3-17(25)15(16)11-26-23(33)30-20-12-27-31-21(20)22-28-18-5-4-14(10-19(18)29-22)13-32-6-8-34-9-7-32/h1-5,10,12H,6-9,11,13H2,(H,27,31)(H,28,29)(H2,26,30,33). The van der Waals surface area contributed by atoms with Crippen LogP contribution in [0, 0.1) is 11.6 Å². The minimum Gasteiger partial charge on any atom is -0.379 e. The summed E-state index contributed by atoms with van der Waals surface area (Å²) in [6.07, 6.45) is 1.51. The molecule has 1 aliphatic heterocycles. The van der Waals surface area contributed by atoms with Crippen LogP contribution in [0.2, 0.25) is 0 Å². The Kier molecular flexibility index (Phi) is 6.19. The molecule has 3 heterocycles. The van der Waals surface area contributed by atoms with E-state index in [0.717, 1.165) is 61.6 Å². The first-order chi connectivity index (χ1) is 16.6. The largest absolute Gasteiger partial charge is 0.379 e. The zero-order valence-corrected chi connectivity index (χ0v) is 18.2. The van der Waals surface area contributed by atoms with Gasteiger partial charge in [-0.2, -0.15) is 5.10 Å². The molecular weight excluding hydrogens is 444 g/mol. The maximum Gasteiger partial charge on any atom is 0.319 e. The minimum absolute atomic E-state index is 0.213. The number of halogens is 2. The quantitative estimate of drug-likeness (QED) is 0.348. The molecule has 176 valence electrons. The average Bonchev–Trinajstić information content (AvgIpc) is 3.45. The van der Waals surface area contributed by atoms with Gasteiger partial charge >= 0.3 is 6.03 Å². The summed E-state index contributed by atoms with van der Waals surface area (Å²) in [6.45, 7) is 3.81. The molecule has 2 amide bonds. The third-order valence-corrected chi connectivity index (χ3v) is 5.66. The number of hydrogen-bond acceptors (Lipinski definition) is 5. The summed E-state index contributed by atoms with van der Waals surface area (Å²) in [5.74, 6) is -0.964. The molecule has 1 fully saturated rings. The Balaban J connectivity index is 1.28. The third-order valence-electron chi connectivity index (χ3n) is 5.66. The second-order valence-electron chi connectivity index (χ2n) is 7.98. The number of anilines is 1. The van der Waals surface area contributed by atoms with Crippen LogP contribution < -0.4 is 10.6 Å². The lowest BCUT2D eigenvalue weighted by Gasteiger charge is -2.26. The fraction of sp³-hybridized carbons (Fsp3) is 0.261. The van der Waals surface area contributed by atoms with Crippen LogP contribution in [0.5, 0.6) is 0 Å². The zero-order chi connectivity index (χ0) is 23.5. The highest BCUT2D eigenvalue weighted by Crippen LogP contribution is 2.26. The molecule has 11 heteroatoms. The second-order valence-corrected chi connectivity index (χ2v) is 7.98. The number of urea groups is 1. The lowest BCUT2D eigenvalue weighted by molar-refractivity contribution is 0.0342. The Labute approximate surface area is 193 Å². The van der Waals surface area contributed by atoms with E-state index < -0.39 is 17.7 Å². The second kappa shape index (κ2) is 9.57. The van der Waals surface area contributed by atoms with Gasteiger partial charge in [0.25, 0.3) is 0 Å². The fourth-order valence-corrected chi connectivity index (χ4v) is 3.88. The van der Waals surface area contributed by atoms with Gasteiger partial charge in [-0.25, -0.2) is 18.6 Å². The fourth-order valence-electron chi connectivity index (χ4n) is 3.88. The van der Waals surface area contributed by atoms with Gasteiger partial charge in [0.05, 0.1) is 36.5 Å². The summed E-state index contributed by atoms with van der Waals surface area (Å²) in [4.78, 5) is 22.5. The Bertz CT molecular complexity index is 1290. The first kappa shape index (κ1) is 22.0. The predicted molar refractivity (Wildman–Crippen MR) is 122 cm³/mol. The van der Waals surface area contributed by atoms with E-state index in [4.69, 9.17) is 4.74 Å². The van der Waals surface area contributed by atoms with Gasteiger partial charge < -0.3 is 20.4 Å². The van der Waals surface area contributed by atoms with Crippen molar-refractivity contribution in [3.05, 3.63) is 65.4 Å². The van der Waals surface area contributed by atoms with Crippen molar-refractivity contribution in [1.82, 2.24) is 30.4 Å². The average molecular weight is 467 g/mol. The highest BCUT2D eigenvalue weighted by molar-refractivity contribution is 5.93. The number of imidazole rings is 1. The molecule has 2 aromatic heterocycles. The Morgan fingerprint density at radius 3 is 2.74 bits per heavy atom. The summed E-state index contributed by atoms with van der Waals surface area (Å²) in [5, 5.41) is 12.0. The van der Waals surface area contributed by atoms with Crippen LogP contribution in [0.1, 0.15) is 11.1 Å². The number of carbonyl (C=O) groups is 1. The van der Waals surface area contributed by atoms with Crippen molar-refractivity contribution in [1.29, 1.82) is 0 Å². The molecule has 0 saturated carbocycles. The van der Waals surface area contributed by atoms with Crippen molar-refractivity contribution in [3.63, 3.8) is 0 Å². The first-order valence-corrected chi connectivity index (χ1v) is 10.9. The summed E-state index contributed by atoms with van der Waals surface area (Å²) in [7, 11) is 0. The number of ether oxygens (including phenoxy) is 1. The van der Waals surface area contributed by atoms with Gasteiger partial charge in [0.2, 0.25) is 0 Å². The molecule has 0 radical (unpaired) electrons. The highest BCUT2D eigenvalue weighted by Gasteiger charge is 2.17. The van der Waals surface area contributed by atoms with E-state index >= 15 is 0 Å². The van der Waals surface area contributed by atoms with Gasteiger partial charge in [-0.1, -0.05) is 12.1 Å². The number of morpholine rings is 1. The number of nitrogens with zero attached hydrogens (tertiary/aromatic N) is 3. The van der Waals surface area contributed by atoms with E-state index in [1.54, 1.807) is 0 Å². The number of benzene rings is 2. The van der Waals surface area contributed by atoms with Crippen molar-refractivity contribution < 1.29 is 18.3 Å². The van der Waals surface area contributed by atoms with Gasteiger partial charge in [0.1, 0.15) is 11.6 Å². The summed E-state index contributed by atoms with van der Waals surface area (Å²) in [5.41, 5.74) is 3.35. The van der Waals surface area contributed by atoms with E-state index in [0.29, 0.717) is 17.2 Å². The topological polar surface area (TPSA) is 111 Å². The van der Waals surface area contributed by atoms with Crippen LogP contribution in [0.15, 0.2) is 42.6 Å². The van der Waals surface area contributed by atoms with Crippen LogP contribution in [0.4, 0.5) is 19.3 Å². The number of aromatic nitrogens is 4. The molecule has 1 saturated heterocycles. The maximum absolute atomic E-state index is 13.8. The van der Waals surface area contributed by atoms with Gasteiger partial charge in [0.15, 0.2) is 11.5 Å². The number of aromatic amines is 2. The van der Waals surface area contributed by atoms with Crippen molar-refractivity contribution >= 4 is 22.8 Å². The molecule has 2 aromatic carbocycles. The zero-order valence-electron chi connectivity index (χ0n) is 18.2. The van der Waals surface area contributed by atoms with E-state index in [1.807, 2.05) is 12.1 Å². The summed E-state index contributed by atoms with van der Waals surface area (Å²) < 4.78 is 33.0. The lowest BCUT2D eigenvalue weighted by Crippen LogP contribution is -2.35. The van der Waals surface area contributed by atoms with Crippen molar-refractivity contribution in [2.45, 2.75) is 13.1 Å². The van der Waals surface area contributed by atoms with E-state index in [2.05, 4.69) is 41.8 Å². The summed E-state index contributed by atoms with van der Waals surface area (Å²) >= 11 is 0. The van der Waals surface area contributed by atoms with E-state index in [1.165, 1.54) is 12.3 Å². The Morgan fingerprint density at radius 2 is 1.94 bits per heavy atom. The number of rotatable bonds is 6. The normalized spacial score (nSPS) is 14.4. The molecule has 0 aliphatic carbocycles. The Hall–Kier alpha value is -3.83. The van der Waals surface area contributed by atoms with Gasteiger partial charge in [-0.15, -0.1) is 0 Å². The predicted octanol–water partition coefficient (Wildman–Crippen LogP) is 3.39. The van der Waals surface area contributed by atoms with Crippen LogP contribution in [0.25, 0.3) is 22.6 Å². The monoisotopic (exact) mass is 467 g/mol. The van der Waals surface area contributed by atoms with Gasteiger partial charge in [0, 0.05) is 31.4 Å². The molecule has 34 heavy (non-hydrogen) atoms. The van der Waals surface area contributed by atoms with Crippen LogP contribution >= 0.6 is 0 Å². The molecular formula is C23H23F2N7O2. The van der Waals surface area contributed by atoms with Crippen LogP contribution in [-0.4, -0.2) is 57.4 Å². The van der Waals surface area contributed by atoms with E-state index in [9.17, 15) is 13.6 Å². The summed E-state index contributed by atoms with van der Waals surface area (Å²) in [6, 6.07) is 8.97. The number of fused-ring (bicyclic) bond motifs is 1. The number of nitrogens with one attached hydrogen (secondary N) is 4. The molecule has 4 aromatic rings. The Morgan fingerprint density at radius 1 is 1.15 bits per heavy atom. The van der Waals surface area contributed by atoms with Gasteiger partial charge in [-0.05, 0) is 29.8 Å². The highest BCUT2D eigenvalue weighted by atomic mass is 19.1. The first-order valence-electron chi connectivity index (χ1n) is 10.9. The molecule has 0 atom stereocenters. The third kappa shape index (κ3) is 4.75. The minimum atomic E-state index is -0.723. The van der Waals surface area contributed by atoms with E-state index in [-0.39, 0.29) is 12.1 Å². The van der Waals surface area contributed by atoms with Gasteiger partial charge in [-0.3, -0.25) is 10.00 Å². The number of carbonyl (C=O) groups excluding carboxylic acids is 1. The maximum atomic E-state index is 13.8. The van der Waals surface area contributed by atoms with Crippen molar-refractivity contribution in [3.8, 4) is 11.5 Å². The van der Waals surface area contributed by atoms with Crippen LogP contribution in [0.3, 0.4) is 0 Å². The van der Waals surface area contributed by atoms with Crippen molar-refractivity contribution in [2.24, 2.45) is 0 Å². The molecule has 5 rings (SSSR count). The molecule has 9 nitrogen and oxygen atoms in total. The SMILES string of the molecule is O=C(NCc1c(F)cccc1F)Nc1c[nH]nc1-c1nc2cc(CN3CCOCC3)ccc2[nH]1. The van der Waals surface area contributed by atoms with Crippen LogP contribution in [-0.2, 0) is 17.8 Å². The number of H-pyrrole nitrogens is 2. The molecule has 0 bridgehead atoms. The lowest BCUT2D eigenvalue weighted by atomic mass is 10.2. The molecule has 0 spiro atoms. The molecule has 0 unspecified atom stereocenters. The molecule has 1 aliphatic rings. The number of hydrogen-bond donors (Lipinski definition) is 4. The van der Waals surface area contributed by atoms with Crippen molar-refractivity contribution in [2.75, 3.05) is 31.6 Å². The smallest absolute Gasteiger partial charge is 0.319 e. The molecule has 4 N–H and O–H groups in total. The number of amides is 2.